The van der Waals surface area contributed by atoms with Crippen molar-refractivity contribution in [2.45, 2.75) is 38.0 Å². The highest BCUT2D eigenvalue weighted by molar-refractivity contribution is 8.27. The third-order valence-electron chi connectivity index (χ3n) is 3.45. The molecule has 120 valence electrons. The first-order valence-corrected chi connectivity index (χ1v) is 8.81. The summed E-state index contributed by atoms with van der Waals surface area (Å²) in [5.41, 5.74) is 3.33. The molecule has 0 aliphatic carbocycles. The average Bonchev–Trinajstić information content (AvgIpc) is 2.49. The molecular weight excluding hydrogens is 320 g/mol. The Hall–Kier alpha value is -1.52. The molecule has 0 aliphatic heterocycles. The fourth-order valence-electron chi connectivity index (χ4n) is 2.04. The number of aryl methyl sites for hydroxylation is 1. The summed E-state index contributed by atoms with van der Waals surface area (Å²) in [6.45, 7) is 8.57. The van der Waals surface area contributed by atoms with Gasteiger partial charge in [-0.3, -0.25) is 5.41 Å². The summed E-state index contributed by atoms with van der Waals surface area (Å²) in [6, 6.07) is 16.3. The van der Waals surface area contributed by atoms with Crippen LogP contribution in [0.15, 0.2) is 58.4 Å². The third kappa shape index (κ3) is 5.26. The first-order chi connectivity index (χ1) is 10.8. The van der Waals surface area contributed by atoms with Crippen molar-refractivity contribution in [1.29, 1.82) is 5.41 Å². The lowest BCUT2D eigenvalue weighted by molar-refractivity contribution is 0.590. The molecule has 0 heterocycles. The molecule has 0 saturated heterocycles. The number of hydrogen-bond donors (Lipinski definition) is 1. The molecule has 0 radical (unpaired) electrons. The van der Waals surface area contributed by atoms with Crippen LogP contribution in [0.4, 0.5) is 0 Å². The molecule has 0 amide bonds. The van der Waals surface area contributed by atoms with E-state index >= 15 is 0 Å². The number of rotatable bonds is 2. The number of nitrogens with zero attached hydrogens (tertiary/aromatic N) is 1. The van der Waals surface area contributed by atoms with E-state index in [-0.39, 0.29) is 11.3 Å². The van der Waals surface area contributed by atoms with Crippen molar-refractivity contribution < 1.29 is 0 Å². The van der Waals surface area contributed by atoms with Crippen LogP contribution in [0.3, 0.4) is 0 Å². The monoisotopic (exact) mass is 343 g/mol. The van der Waals surface area contributed by atoms with Gasteiger partial charge in [-0.25, -0.2) is 0 Å². The van der Waals surface area contributed by atoms with E-state index in [4.69, 9.17) is 5.41 Å². The zero-order valence-corrected chi connectivity index (χ0v) is 15.8. The van der Waals surface area contributed by atoms with Gasteiger partial charge in [-0.2, -0.15) is 4.99 Å². The molecule has 0 saturated carbocycles. The van der Waals surface area contributed by atoms with Crippen LogP contribution in [-0.4, -0.2) is 10.2 Å². The quantitative estimate of drug-likeness (QED) is 0.362. The molecular formula is C19H23N2S2+. The first-order valence-electron chi connectivity index (χ1n) is 7.50. The summed E-state index contributed by atoms with van der Waals surface area (Å²) in [5, 5.41) is 8.23. The van der Waals surface area contributed by atoms with Crippen LogP contribution in [0.25, 0.3) is 0 Å². The summed E-state index contributed by atoms with van der Waals surface area (Å²) in [7, 11) is 0. The van der Waals surface area contributed by atoms with Gasteiger partial charge in [0.1, 0.15) is 0 Å². The number of amidine groups is 1. The number of nitrogens with one attached hydrogen (secondary N) is 1. The lowest BCUT2D eigenvalue weighted by Crippen LogP contribution is -2.12. The lowest BCUT2D eigenvalue weighted by atomic mass is 9.86. The maximum atomic E-state index is 8.23. The van der Waals surface area contributed by atoms with Crippen LogP contribution >= 0.6 is 11.8 Å². The SMILES string of the molecule is Cc1ccc(SC([SH2+])=NC(=N)c2cccc(C(C)(C)C)c2)cc1. The molecule has 1 N–H and O–H groups in total. The molecule has 0 atom stereocenters. The summed E-state index contributed by atoms with van der Waals surface area (Å²) in [5.74, 6) is 0.265. The van der Waals surface area contributed by atoms with Gasteiger partial charge >= 0.3 is 0 Å². The van der Waals surface area contributed by atoms with Crippen molar-refractivity contribution in [3.05, 3.63) is 65.2 Å². The predicted octanol–water partition coefficient (Wildman–Crippen LogP) is 4.78. The number of aliphatic imine (C=N–C) groups is 1. The zero-order chi connectivity index (χ0) is 17.0. The number of thioether (sulfide) groups is 1. The van der Waals surface area contributed by atoms with Crippen LogP contribution in [-0.2, 0) is 18.0 Å². The van der Waals surface area contributed by atoms with Gasteiger partial charge in [-0.1, -0.05) is 56.7 Å². The van der Waals surface area contributed by atoms with Gasteiger partial charge in [0.05, 0.1) is 0 Å². The Kier molecular flexibility index (Phi) is 5.71. The Labute approximate surface area is 148 Å². The molecule has 2 aromatic carbocycles. The molecule has 0 spiro atoms. The second-order valence-corrected chi connectivity index (χ2v) is 8.41. The predicted molar refractivity (Wildman–Crippen MR) is 107 cm³/mol. The van der Waals surface area contributed by atoms with Crippen LogP contribution in [0.5, 0.6) is 0 Å². The Balaban J connectivity index is 2.15. The van der Waals surface area contributed by atoms with Crippen molar-refractivity contribution >= 4 is 34.6 Å². The van der Waals surface area contributed by atoms with Crippen LogP contribution in [0.2, 0.25) is 0 Å². The van der Waals surface area contributed by atoms with E-state index in [1.165, 1.54) is 22.9 Å². The van der Waals surface area contributed by atoms with E-state index in [1.54, 1.807) is 0 Å². The minimum absolute atomic E-state index is 0.0629. The lowest BCUT2D eigenvalue weighted by Gasteiger charge is -2.19. The number of benzene rings is 2. The van der Waals surface area contributed by atoms with Gasteiger partial charge in [-0.05, 0) is 47.9 Å². The van der Waals surface area contributed by atoms with Crippen molar-refractivity contribution in [2.75, 3.05) is 0 Å². The molecule has 2 rings (SSSR count). The van der Waals surface area contributed by atoms with E-state index in [2.05, 4.69) is 75.6 Å². The smallest absolute Gasteiger partial charge is 0.282 e. The van der Waals surface area contributed by atoms with Gasteiger partial charge in [0.25, 0.3) is 4.38 Å². The van der Waals surface area contributed by atoms with Gasteiger partial charge in [-0.15, -0.1) is 0 Å². The molecule has 0 bridgehead atoms. The van der Waals surface area contributed by atoms with E-state index in [0.717, 1.165) is 10.5 Å². The van der Waals surface area contributed by atoms with E-state index in [0.29, 0.717) is 4.38 Å². The Morgan fingerprint density at radius 3 is 2.35 bits per heavy atom. The highest BCUT2D eigenvalue weighted by Crippen LogP contribution is 2.24. The molecule has 0 fully saturated rings. The first kappa shape index (κ1) is 17.8. The topological polar surface area (TPSA) is 36.2 Å². The normalized spacial score (nSPS) is 12.3. The minimum Gasteiger partial charge on any atom is -0.282 e. The molecule has 23 heavy (non-hydrogen) atoms. The van der Waals surface area contributed by atoms with Gasteiger partial charge in [0.15, 0.2) is 5.84 Å². The van der Waals surface area contributed by atoms with Crippen molar-refractivity contribution in [2.24, 2.45) is 4.99 Å². The molecule has 0 aromatic heterocycles. The fraction of sp³-hybridized carbons (Fsp3) is 0.263. The summed E-state index contributed by atoms with van der Waals surface area (Å²) in [6.07, 6.45) is 0. The average molecular weight is 344 g/mol. The van der Waals surface area contributed by atoms with Crippen molar-refractivity contribution in [3.63, 3.8) is 0 Å². The molecule has 0 aliphatic rings. The second kappa shape index (κ2) is 7.37. The summed E-state index contributed by atoms with van der Waals surface area (Å²) >= 11 is 5.02. The van der Waals surface area contributed by atoms with Gasteiger partial charge < -0.3 is 0 Å². The van der Waals surface area contributed by atoms with Crippen LogP contribution in [0, 0.1) is 12.3 Å². The Bertz CT molecular complexity index is 726. The maximum Gasteiger partial charge on any atom is 0.284 e. The summed E-state index contributed by atoms with van der Waals surface area (Å²) in [4.78, 5) is 5.46. The number of hydrogen-bond acceptors (Lipinski definition) is 2. The maximum absolute atomic E-state index is 8.23. The van der Waals surface area contributed by atoms with Gasteiger partial charge in [0.2, 0.25) is 0 Å². The fourth-order valence-corrected chi connectivity index (χ4v) is 3.14. The van der Waals surface area contributed by atoms with E-state index < -0.39 is 0 Å². The molecule has 0 unspecified atom stereocenters. The van der Waals surface area contributed by atoms with Crippen molar-refractivity contribution in [3.8, 4) is 0 Å². The zero-order valence-electron chi connectivity index (χ0n) is 14.0. The van der Waals surface area contributed by atoms with Crippen LogP contribution < -0.4 is 0 Å². The van der Waals surface area contributed by atoms with E-state index in [1.807, 2.05) is 18.2 Å². The third-order valence-corrected chi connectivity index (χ3v) is 4.66. The molecule has 4 heteroatoms. The molecule has 2 nitrogen and oxygen atoms in total. The largest absolute Gasteiger partial charge is 0.284 e. The van der Waals surface area contributed by atoms with E-state index in [9.17, 15) is 0 Å². The highest BCUT2D eigenvalue weighted by atomic mass is 32.2. The standard InChI is InChI=1S/C19H22N2S2/c1-13-8-10-16(11-9-13)23-18(22)21-17(20)14-6-5-7-15(12-14)19(2,3)4/h5-12H,1-4H3,(H2,20,21,22)/p+1. The summed E-state index contributed by atoms with van der Waals surface area (Å²) < 4.78 is 0.681. The second-order valence-electron chi connectivity index (χ2n) is 6.51. The van der Waals surface area contributed by atoms with Crippen molar-refractivity contribution in [1.82, 2.24) is 0 Å². The van der Waals surface area contributed by atoms with Crippen LogP contribution in [0.1, 0.15) is 37.5 Å². The Morgan fingerprint density at radius 2 is 1.74 bits per heavy atom. The Morgan fingerprint density at radius 1 is 1.09 bits per heavy atom. The van der Waals surface area contributed by atoms with Gasteiger partial charge in [0, 0.05) is 23.1 Å². The highest BCUT2D eigenvalue weighted by Gasteiger charge is 2.15. The minimum atomic E-state index is 0.0629. The molecule has 2 aromatic rings.